The van der Waals surface area contributed by atoms with E-state index in [0.717, 1.165) is 0 Å². The summed E-state index contributed by atoms with van der Waals surface area (Å²) < 4.78 is 20.0. The highest BCUT2D eigenvalue weighted by molar-refractivity contribution is 6.15. The van der Waals surface area contributed by atoms with Crippen LogP contribution in [0.25, 0.3) is 0 Å². The number of hydrogen-bond acceptors (Lipinski definition) is 5. The molecule has 3 aromatic rings. The maximum atomic E-state index is 14.7. The minimum Gasteiger partial charge on any atom is -0.503 e. The molecule has 0 radical (unpaired) electrons. The normalized spacial score (nSPS) is 16.6. The Bertz CT molecular complexity index is 1120. The Hall–Kier alpha value is -3.74. The standard InChI is InChI=1S/C22H17FN2O4/c1-13-8-9-17(29-13)20(26)18-19(15-6-2-3-7-16(15)23)25(22(28)21(18)27)12-14-5-4-10-24-11-14/h2-11,19,27H,12H2,1H3/t19-/m1/s1. The van der Waals surface area contributed by atoms with Crippen molar-refractivity contribution in [3.05, 3.63) is 101 Å². The Morgan fingerprint density at radius 1 is 1.21 bits per heavy atom. The number of carbonyl (C=O) groups is 2. The number of aromatic nitrogens is 1. The number of amides is 1. The minimum absolute atomic E-state index is 0.0265. The predicted octanol–water partition coefficient (Wildman–Crippen LogP) is 3.90. The zero-order valence-corrected chi connectivity index (χ0v) is 15.5. The van der Waals surface area contributed by atoms with E-state index < -0.39 is 29.3 Å². The number of aryl methyl sites for hydroxylation is 1. The molecule has 0 saturated heterocycles. The first kappa shape index (κ1) is 18.6. The van der Waals surface area contributed by atoms with Crippen LogP contribution in [0.15, 0.2) is 76.7 Å². The molecule has 1 aliphatic rings. The van der Waals surface area contributed by atoms with Crippen LogP contribution in [0.3, 0.4) is 0 Å². The lowest BCUT2D eigenvalue weighted by atomic mass is 9.94. The van der Waals surface area contributed by atoms with Gasteiger partial charge in [-0.1, -0.05) is 24.3 Å². The second-order valence-corrected chi connectivity index (χ2v) is 6.72. The van der Waals surface area contributed by atoms with Crippen LogP contribution in [0.5, 0.6) is 0 Å². The maximum Gasteiger partial charge on any atom is 0.290 e. The summed E-state index contributed by atoms with van der Waals surface area (Å²) in [5.74, 6) is -2.23. The molecule has 7 heteroatoms. The van der Waals surface area contributed by atoms with Gasteiger partial charge in [0, 0.05) is 24.5 Å². The molecule has 4 rings (SSSR count). The Morgan fingerprint density at radius 2 is 2.00 bits per heavy atom. The van der Waals surface area contributed by atoms with Gasteiger partial charge in [0.15, 0.2) is 11.5 Å². The Labute approximate surface area is 165 Å². The molecule has 0 fully saturated rings. The van der Waals surface area contributed by atoms with Crippen molar-refractivity contribution in [1.29, 1.82) is 0 Å². The molecule has 6 nitrogen and oxygen atoms in total. The van der Waals surface area contributed by atoms with Crippen LogP contribution in [0.2, 0.25) is 0 Å². The van der Waals surface area contributed by atoms with E-state index in [4.69, 9.17) is 4.42 Å². The SMILES string of the molecule is Cc1ccc(C(=O)C2=C(O)C(=O)N(Cc3cccnc3)[C@@H]2c2ccccc2F)o1. The van der Waals surface area contributed by atoms with E-state index in [9.17, 15) is 19.1 Å². The molecule has 0 bridgehead atoms. The number of benzene rings is 1. The number of Topliss-reactive ketones (excluding diaryl/α,β-unsaturated/α-hetero) is 1. The Kier molecular flexibility index (Phi) is 4.72. The number of carbonyl (C=O) groups excluding carboxylic acids is 2. The highest BCUT2D eigenvalue weighted by atomic mass is 19.1. The molecular formula is C22H17FN2O4. The van der Waals surface area contributed by atoms with Gasteiger partial charge >= 0.3 is 0 Å². The van der Waals surface area contributed by atoms with Gasteiger partial charge in [-0.05, 0) is 36.8 Å². The first-order valence-electron chi connectivity index (χ1n) is 8.96. The zero-order chi connectivity index (χ0) is 20.5. The summed E-state index contributed by atoms with van der Waals surface area (Å²) in [6.07, 6.45) is 3.16. The summed E-state index contributed by atoms with van der Waals surface area (Å²) in [4.78, 5) is 31.2. The van der Waals surface area contributed by atoms with Crippen molar-refractivity contribution >= 4 is 11.7 Å². The molecule has 0 unspecified atom stereocenters. The average molecular weight is 392 g/mol. The van der Waals surface area contributed by atoms with Gasteiger partial charge in [-0.15, -0.1) is 0 Å². The highest BCUT2D eigenvalue weighted by Gasteiger charge is 2.45. The summed E-state index contributed by atoms with van der Waals surface area (Å²) in [6.45, 7) is 1.72. The molecular weight excluding hydrogens is 375 g/mol. The van der Waals surface area contributed by atoms with Crippen LogP contribution < -0.4 is 0 Å². The fraction of sp³-hybridized carbons (Fsp3) is 0.136. The predicted molar refractivity (Wildman–Crippen MR) is 101 cm³/mol. The summed E-state index contributed by atoms with van der Waals surface area (Å²) in [5, 5.41) is 10.6. The van der Waals surface area contributed by atoms with E-state index in [0.29, 0.717) is 11.3 Å². The van der Waals surface area contributed by atoms with E-state index in [1.807, 2.05) is 0 Å². The molecule has 1 aliphatic heterocycles. The second-order valence-electron chi connectivity index (χ2n) is 6.72. The molecule has 1 aromatic carbocycles. The first-order valence-corrected chi connectivity index (χ1v) is 8.96. The molecule has 146 valence electrons. The van der Waals surface area contributed by atoms with Crippen LogP contribution in [-0.4, -0.2) is 26.7 Å². The molecule has 29 heavy (non-hydrogen) atoms. The maximum absolute atomic E-state index is 14.7. The molecule has 1 atom stereocenters. The number of nitrogens with zero attached hydrogens (tertiary/aromatic N) is 2. The lowest BCUT2D eigenvalue weighted by Crippen LogP contribution is -2.31. The second kappa shape index (κ2) is 7.35. The summed E-state index contributed by atoms with van der Waals surface area (Å²) in [6, 6.07) is 11.3. The molecule has 0 saturated carbocycles. The average Bonchev–Trinajstić information content (AvgIpc) is 3.26. The van der Waals surface area contributed by atoms with Gasteiger partial charge in [-0.2, -0.15) is 0 Å². The summed E-state index contributed by atoms with van der Waals surface area (Å²) >= 11 is 0. The Morgan fingerprint density at radius 3 is 2.66 bits per heavy atom. The first-order chi connectivity index (χ1) is 14.0. The van der Waals surface area contributed by atoms with E-state index in [1.165, 1.54) is 29.2 Å². The van der Waals surface area contributed by atoms with Crippen molar-refractivity contribution in [1.82, 2.24) is 9.88 Å². The van der Waals surface area contributed by atoms with Crippen molar-refractivity contribution in [2.24, 2.45) is 0 Å². The van der Waals surface area contributed by atoms with Gasteiger partial charge in [0.05, 0.1) is 11.6 Å². The third kappa shape index (κ3) is 3.31. The number of pyridine rings is 1. The van der Waals surface area contributed by atoms with E-state index in [2.05, 4.69) is 4.98 Å². The van der Waals surface area contributed by atoms with Gasteiger partial charge in [0.1, 0.15) is 11.6 Å². The molecule has 2 aromatic heterocycles. The number of ketones is 1. The number of rotatable bonds is 5. The third-order valence-corrected chi connectivity index (χ3v) is 4.79. The van der Waals surface area contributed by atoms with Crippen LogP contribution in [0, 0.1) is 12.7 Å². The zero-order valence-electron chi connectivity index (χ0n) is 15.5. The van der Waals surface area contributed by atoms with Gasteiger partial charge in [-0.3, -0.25) is 14.6 Å². The van der Waals surface area contributed by atoms with E-state index in [1.54, 1.807) is 43.6 Å². The minimum atomic E-state index is -1.10. The number of furan rings is 1. The topological polar surface area (TPSA) is 83.6 Å². The van der Waals surface area contributed by atoms with Crippen LogP contribution in [0.4, 0.5) is 4.39 Å². The lowest BCUT2D eigenvalue weighted by Gasteiger charge is -2.27. The Balaban J connectivity index is 1.82. The number of aliphatic hydroxyl groups excluding tert-OH is 1. The van der Waals surface area contributed by atoms with Crippen LogP contribution >= 0.6 is 0 Å². The van der Waals surface area contributed by atoms with Crippen molar-refractivity contribution in [3.8, 4) is 0 Å². The molecule has 1 N–H and O–H groups in total. The van der Waals surface area contributed by atoms with Gasteiger partial charge in [0.25, 0.3) is 5.91 Å². The highest BCUT2D eigenvalue weighted by Crippen LogP contribution is 2.40. The van der Waals surface area contributed by atoms with Crippen molar-refractivity contribution in [2.45, 2.75) is 19.5 Å². The van der Waals surface area contributed by atoms with Crippen LogP contribution in [-0.2, 0) is 11.3 Å². The van der Waals surface area contributed by atoms with Crippen molar-refractivity contribution < 1.29 is 23.5 Å². The number of aliphatic hydroxyl groups is 1. The molecule has 3 heterocycles. The summed E-state index contributed by atoms with van der Waals surface area (Å²) in [5.41, 5.74) is 0.580. The molecule has 0 aliphatic carbocycles. The van der Waals surface area contributed by atoms with Gasteiger partial charge < -0.3 is 14.4 Å². The molecule has 0 spiro atoms. The fourth-order valence-corrected chi connectivity index (χ4v) is 3.45. The van der Waals surface area contributed by atoms with E-state index >= 15 is 0 Å². The third-order valence-electron chi connectivity index (χ3n) is 4.79. The van der Waals surface area contributed by atoms with Gasteiger partial charge in [0.2, 0.25) is 5.78 Å². The smallest absolute Gasteiger partial charge is 0.290 e. The lowest BCUT2D eigenvalue weighted by molar-refractivity contribution is -0.130. The largest absolute Gasteiger partial charge is 0.503 e. The van der Waals surface area contributed by atoms with E-state index in [-0.39, 0.29) is 23.4 Å². The fourth-order valence-electron chi connectivity index (χ4n) is 3.45. The number of hydrogen-bond donors (Lipinski definition) is 1. The monoisotopic (exact) mass is 392 g/mol. The summed E-state index contributed by atoms with van der Waals surface area (Å²) in [7, 11) is 0. The van der Waals surface area contributed by atoms with Crippen molar-refractivity contribution in [2.75, 3.05) is 0 Å². The van der Waals surface area contributed by atoms with Crippen LogP contribution in [0.1, 0.15) is 33.5 Å². The quantitative estimate of drug-likeness (QED) is 0.666. The van der Waals surface area contributed by atoms with Crippen molar-refractivity contribution in [3.63, 3.8) is 0 Å². The number of halogens is 1. The molecule has 1 amide bonds. The van der Waals surface area contributed by atoms with Gasteiger partial charge in [-0.25, -0.2) is 4.39 Å².